The molecular formula is C20H14I4O10-2. The van der Waals surface area contributed by atoms with Crippen molar-refractivity contribution in [1.82, 2.24) is 0 Å². The molecule has 3 N–H and O–H groups in total. The van der Waals surface area contributed by atoms with Crippen molar-refractivity contribution >= 4 is 102 Å². The Morgan fingerprint density at radius 2 is 1.38 bits per heavy atom. The first-order valence-electron chi connectivity index (χ1n) is 9.31. The van der Waals surface area contributed by atoms with E-state index >= 15 is 0 Å². The molecule has 1 aliphatic heterocycles. The van der Waals surface area contributed by atoms with Crippen LogP contribution in [0.2, 0.25) is 0 Å². The average Bonchev–Trinajstić information content (AvgIpc) is 2.72. The van der Waals surface area contributed by atoms with Crippen molar-refractivity contribution in [2.45, 2.75) is 37.1 Å². The maximum atomic E-state index is 11.2. The first kappa shape index (κ1) is 28.3. The zero-order valence-electron chi connectivity index (χ0n) is 16.6. The molecule has 5 atom stereocenters. The van der Waals surface area contributed by atoms with Gasteiger partial charge in [0.25, 0.3) is 0 Å². The maximum absolute atomic E-state index is 11.2. The Balaban J connectivity index is 1.83. The first-order valence-corrected chi connectivity index (χ1v) is 13.6. The number of aliphatic carboxylic acids is 2. The molecular weight excluding hydrogens is 908 g/mol. The molecule has 2 aromatic carbocycles. The summed E-state index contributed by atoms with van der Waals surface area (Å²) in [7, 11) is 0. The van der Waals surface area contributed by atoms with Crippen LogP contribution in [0.5, 0.6) is 17.2 Å². The zero-order chi connectivity index (χ0) is 25.3. The number of benzene rings is 2. The summed E-state index contributed by atoms with van der Waals surface area (Å²) in [5.41, 5.74) is 0.585. The van der Waals surface area contributed by atoms with Crippen LogP contribution >= 0.6 is 90.4 Å². The molecule has 0 amide bonds. The van der Waals surface area contributed by atoms with Gasteiger partial charge in [-0.2, -0.15) is 0 Å². The Kier molecular flexibility index (Phi) is 9.87. The number of aliphatic hydroxyl groups excluding tert-OH is 3. The van der Waals surface area contributed by atoms with E-state index in [-0.39, 0.29) is 12.2 Å². The van der Waals surface area contributed by atoms with Gasteiger partial charge >= 0.3 is 0 Å². The summed E-state index contributed by atoms with van der Waals surface area (Å²) in [5.74, 6) is -1.72. The third-order valence-electron chi connectivity index (χ3n) is 4.63. The Hall–Kier alpha value is -0.260. The standard InChI is InChI=1S/C20H16I4O10/c21-8-1-6(3-12(25)26)2-9(22)16(8)32-7-4-10(23)17(11(24)5-7)33-20-15(29)13(27)14(28)18(34-20)19(30)31/h1-2,4-5,13-15,18,20,27-29H,3H2,(H,25,26)(H,30,31)/p-2/t13-,14-,15+,18-,20+/m0/s1. The van der Waals surface area contributed by atoms with Gasteiger partial charge < -0.3 is 49.3 Å². The van der Waals surface area contributed by atoms with Gasteiger partial charge in [-0.15, -0.1) is 0 Å². The molecule has 0 aromatic heterocycles. The lowest BCUT2D eigenvalue weighted by Crippen LogP contribution is -2.63. The molecule has 3 rings (SSSR count). The van der Waals surface area contributed by atoms with E-state index < -0.39 is 42.6 Å². The summed E-state index contributed by atoms with van der Waals surface area (Å²) >= 11 is 8.01. The summed E-state index contributed by atoms with van der Waals surface area (Å²) in [5, 5.41) is 52.0. The van der Waals surface area contributed by atoms with Crippen LogP contribution in [0.4, 0.5) is 0 Å². The molecule has 0 spiro atoms. The first-order chi connectivity index (χ1) is 15.9. The van der Waals surface area contributed by atoms with Crippen molar-refractivity contribution in [2.24, 2.45) is 0 Å². The summed E-state index contributed by atoms with van der Waals surface area (Å²) in [6, 6.07) is 6.65. The number of hydrogen-bond donors (Lipinski definition) is 3. The molecule has 1 fully saturated rings. The van der Waals surface area contributed by atoms with Crippen LogP contribution in [0.3, 0.4) is 0 Å². The molecule has 0 radical (unpaired) electrons. The Morgan fingerprint density at radius 1 is 0.853 bits per heavy atom. The second-order valence-electron chi connectivity index (χ2n) is 7.09. The number of hydrogen-bond acceptors (Lipinski definition) is 10. The Morgan fingerprint density at radius 3 is 1.88 bits per heavy atom. The quantitative estimate of drug-likeness (QED) is 0.325. The van der Waals surface area contributed by atoms with Gasteiger partial charge in [-0.3, -0.25) is 0 Å². The second kappa shape index (κ2) is 11.9. The van der Waals surface area contributed by atoms with Crippen molar-refractivity contribution in [3.63, 3.8) is 0 Å². The molecule has 0 unspecified atom stereocenters. The minimum atomic E-state index is -1.88. The Bertz CT molecular complexity index is 1060. The molecule has 10 nitrogen and oxygen atoms in total. The molecule has 184 valence electrons. The predicted octanol–water partition coefficient (Wildman–Crippen LogP) is 0.126. The van der Waals surface area contributed by atoms with Gasteiger partial charge in [0.15, 0.2) is 5.75 Å². The summed E-state index contributed by atoms with van der Waals surface area (Å²) in [6.07, 6.45) is -9.08. The number of carboxylic acid groups (broad SMARTS) is 2. The fourth-order valence-electron chi connectivity index (χ4n) is 3.06. The molecule has 1 saturated heterocycles. The minimum Gasteiger partial charge on any atom is -0.550 e. The van der Waals surface area contributed by atoms with Gasteiger partial charge in [0.2, 0.25) is 6.29 Å². The van der Waals surface area contributed by atoms with Crippen LogP contribution in [-0.2, 0) is 20.7 Å². The molecule has 0 aliphatic carbocycles. The summed E-state index contributed by atoms with van der Waals surface area (Å²) in [4.78, 5) is 22.1. The van der Waals surface area contributed by atoms with Gasteiger partial charge in [-0.1, -0.05) is 0 Å². The van der Waals surface area contributed by atoms with E-state index in [9.17, 15) is 35.1 Å². The maximum Gasteiger partial charge on any atom is 0.229 e. The lowest BCUT2D eigenvalue weighted by atomic mass is 9.99. The van der Waals surface area contributed by atoms with Crippen LogP contribution in [0, 0.1) is 14.3 Å². The molecule has 34 heavy (non-hydrogen) atoms. The normalized spacial score (nSPS) is 24.5. The number of carbonyl (C=O) groups is 2. The number of aliphatic hydroxyl groups is 3. The predicted molar refractivity (Wildman–Crippen MR) is 145 cm³/mol. The molecule has 2 aromatic rings. The van der Waals surface area contributed by atoms with Gasteiger partial charge in [-0.25, -0.2) is 0 Å². The number of ether oxygens (including phenoxy) is 3. The highest BCUT2D eigenvalue weighted by Gasteiger charge is 2.45. The number of rotatable bonds is 7. The number of carboxylic acids is 2. The van der Waals surface area contributed by atoms with Crippen molar-refractivity contribution < 1.29 is 49.3 Å². The van der Waals surface area contributed by atoms with Crippen LogP contribution in [0.1, 0.15) is 5.56 Å². The number of halogens is 4. The van der Waals surface area contributed by atoms with E-state index in [1.54, 1.807) is 24.3 Å². The molecule has 14 heteroatoms. The van der Waals surface area contributed by atoms with Gasteiger partial charge in [0.1, 0.15) is 35.9 Å². The van der Waals surface area contributed by atoms with E-state index in [0.29, 0.717) is 31.3 Å². The minimum absolute atomic E-state index is 0.215. The third-order valence-corrected chi connectivity index (χ3v) is 7.84. The second-order valence-corrected chi connectivity index (χ2v) is 11.7. The van der Waals surface area contributed by atoms with Crippen LogP contribution < -0.4 is 19.7 Å². The van der Waals surface area contributed by atoms with E-state index in [1.807, 2.05) is 90.4 Å². The topological polar surface area (TPSA) is 169 Å². The molecule has 1 aliphatic rings. The van der Waals surface area contributed by atoms with Crippen LogP contribution in [0.25, 0.3) is 0 Å². The van der Waals surface area contributed by atoms with Crippen LogP contribution in [0.15, 0.2) is 24.3 Å². The Labute approximate surface area is 247 Å². The van der Waals surface area contributed by atoms with Gasteiger partial charge in [0, 0.05) is 12.4 Å². The monoisotopic (exact) mass is 922 g/mol. The van der Waals surface area contributed by atoms with Crippen molar-refractivity contribution in [3.05, 3.63) is 44.1 Å². The number of carbonyl (C=O) groups excluding carboxylic acids is 2. The summed E-state index contributed by atoms with van der Waals surface area (Å²) < 4.78 is 19.3. The fourth-order valence-corrected chi connectivity index (χ4v) is 7.14. The van der Waals surface area contributed by atoms with E-state index in [2.05, 4.69) is 0 Å². The third kappa shape index (κ3) is 6.54. The highest BCUT2D eigenvalue weighted by Crippen LogP contribution is 2.38. The molecule has 0 saturated carbocycles. The highest BCUT2D eigenvalue weighted by molar-refractivity contribution is 14.1. The van der Waals surface area contributed by atoms with E-state index in [4.69, 9.17) is 14.2 Å². The highest BCUT2D eigenvalue weighted by atomic mass is 127. The SMILES string of the molecule is O=C([O-])Cc1cc(I)c(Oc2cc(I)c(O[C@@H]3O[C@H](C(=O)[O-])[C@@H](O)[C@H](O)[C@H]3O)c(I)c2)c(I)c1. The fraction of sp³-hybridized carbons (Fsp3) is 0.300. The van der Waals surface area contributed by atoms with Crippen molar-refractivity contribution in [3.8, 4) is 17.2 Å². The molecule has 0 bridgehead atoms. The largest absolute Gasteiger partial charge is 0.550 e. The van der Waals surface area contributed by atoms with Gasteiger partial charge in [0.05, 0.1) is 20.3 Å². The van der Waals surface area contributed by atoms with Crippen molar-refractivity contribution in [2.75, 3.05) is 0 Å². The smallest absolute Gasteiger partial charge is 0.229 e. The van der Waals surface area contributed by atoms with E-state index in [0.717, 1.165) is 0 Å². The molecule has 1 heterocycles. The van der Waals surface area contributed by atoms with Crippen molar-refractivity contribution in [1.29, 1.82) is 0 Å². The van der Waals surface area contributed by atoms with E-state index in [1.165, 1.54) is 0 Å². The average molecular weight is 922 g/mol. The zero-order valence-corrected chi connectivity index (χ0v) is 25.2. The van der Waals surface area contributed by atoms with Crippen LogP contribution in [-0.4, -0.2) is 58.0 Å². The lowest BCUT2D eigenvalue weighted by molar-refractivity contribution is -0.342. The van der Waals surface area contributed by atoms with Gasteiger partial charge in [-0.05, 0) is 120 Å². The lowest BCUT2D eigenvalue weighted by Gasteiger charge is -2.40. The summed E-state index contributed by atoms with van der Waals surface area (Å²) in [6.45, 7) is 0.